The summed E-state index contributed by atoms with van der Waals surface area (Å²) < 4.78 is 5.73. The van der Waals surface area contributed by atoms with Crippen molar-refractivity contribution in [2.75, 3.05) is 19.7 Å². The number of amides is 1. The number of nitrogens with zero attached hydrogens (tertiary/aromatic N) is 2. The van der Waals surface area contributed by atoms with E-state index in [0.29, 0.717) is 32.4 Å². The van der Waals surface area contributed by atoms with Crippen LogP contribution in [-0.4, -0.2) is 51.4 Å². The fourth-order valence-electron chi connectivity index (χ4n) is 3.37. The minimum Gasteiger partial charge on any atom is -0.491 e. The third-order valence-electron chi connectivity index (χ3n) is 5.08. The molecular weight excluding hydrogens is 330 g/mol. The molecule has 0 aliphatic carbocycles. The third kappa shape index (κ3) is 4.25. The molecule has 2 heterocycles. The standard InChI is InChI=1S/C20H27N3O3/c1-14-4-6-17(7-5-14)26-13-20(25)10-11-23(12-20)19(24)9-8-18-15(2)21-22-16(18)3/h4-7,25H,8-13H2,1-3H3,(H,21,22)/t20-/m1/s1. The number of aliphatic hydroxyl groups is 1. The zero-order chi connectivity index (χ0) is 18.7. The summed E-state index contributed by atoms with van der Waals surface area (Å²) in [6.07, 6.45) is 1.63. The highest BCUT2D eigenvalue weighted by atomic mass is 16.5. The largest absolute Gasteiger partial charge is 0.491 e. The molecule has 26 heavy (non-hydrogen) atoms. The van der Waals surface area contributed by atoms with E-state index in [1.807, 2.05) is 45.0 Å². The Morgan fingerprint density at radius 3 is 2.69 bits per heavy atom. The van der Waals surface area contributed by atoms with Crippen molar-refractivity contribution in [1.29, 1.82) is 0 Å². The van der Waals surface area contributed by atoms with Crippen LogP contribution in [0.4, 0.5) is 0 Å². The molecule has 0 radical (unpaired) electrons. The van der Waals surface area contributed by atoms with Crippen molar-refractivity contribution in [3.05, 3.63) is 46.8 Å². The molecular formula is C20H27N3O3. The van der Waals surface area contributed by atoms with Gasteiger partial charge in [-0.1, -0.05) is 17.7 Å². The molecule has 1 atom stereocenters. The van der Waals surface area contributed by atoms with Crippen LogP contribution in [0.15, 0.2) is 24.3 Å². The number of carbonyl (C=O) groups excluding carboxylic acids is 1. The first-order chi connectivity index (χ1) is 12.4. The number of nitrogens with one attached hydrogen (secondary N) is 1. The Labute approximate surface area is 154 Å². The van der Waals surface area contributed by atoms with Crippen LogP contribution in [0.5, 0.6) is 5.75 Å². The van der Waals surface area contributed by atoms with Gasteiger partial charge in [0.15, 0.2) is 0 Å². The maximum Gasteiger partial charge on any atom is 0.223 e. The fraction of sp³-hybridized carbons (Fsp3) is 0.500. The molecule has 1 aliphatic rings. The van der Waals surface area contributed by atoms with Gasteiger partial charge in [0.1, 0.15) is 18.0 Å². The molecule has 6 nitrogen and oxygen atoms in total. The number of β-amino-alcohol motifs (C(OH)–C–C–N with tert-alkyl or cyclic N) is 1. The quantitative estimate of drug-likeness (QED) is 0.832. The molecule has 1 aliphatic heterocycles. The highest BCUT2D eigenvalue weighted by molar-refractivity contribution is 5.77. The Bertz CT molecular complexity index is 750. The van der Waals surface area contributed by atoms with Crippen LogP contribution in [0.2, 0.25) is 0 Å². The molecule has 1 fully saturated rings. The molecule has 0 spiro atoms. The van der Waals surface area contributed by atoms with Gasteiger partial charge in [0.05, 0.1) is 12.2 Å². The van der Waals surface area contributed by atoms with E-state index < -0.39 is 5.60 Å². The van der Waals surface area contributed by atoms with Gasteiger partial charge in [-0.05, 0) is 51.3 Å². The minimum absolute atomic E-state index is 0.0660. The van der Waals surface area contributed by atoms with Crippen molar-refractivity contribution in [3.63, 3.8) is 0 Å². The highest BCUT2D eigenvalue weighted by Crippen LogP contribution is 2.24. The summed E-state index contributed by atoms with van der Waals surface area (Å²) in [7, 11) is 0. The Morgan fingerprint density at radius 1 is 1.31 bits per heavy atom. The van der Waals surface area contributed by atoms with Gasteiger partial charge in [0.25, 0.3) is 0 Å². The summed E-state index contributed by atoms with van der Waals surface area (Å²) in [4.78, 5) is 14.2. The van der Waals surface area contributed by atoms with Crippen LogP contribution < -0.4 is 4.74 Å². The lowest BCUT2D eigenvalue weighted by Gasteiger charge is -2.23. The number of likely N-dealkylation sites (tertiary alicyclic amines) is 1. The normalized spacial score (nSPS) is 19.8. The molecule has 1 aromatic carbocycles. The van der Waals surface area contributed by atoms with Gasteiger partial charge in [-0.3, -0.25) is 9.89 Å². The van der Waals surface area contributed by atoms with Gasteiger partial charge < -0.3 is 14.7 Å². The SMILES string of the molecule is Cc1ccc(OC[C@@]2(O)CCN(C(=O)CCc3c(C)n[nH]c3C)C2)cc1. The van der Waals surface area contributed by atoms with Gasteiger partial charge in [-0.25, -0.2) is 0 Å². The molecule has 6 heteroatoms. The number of aromatic amines is 1. The number of benzene rings is 1. The molecule has 0 unspecified atom stereocenters. The van der Waals surface area contributed by atoms with Crippen molar-refractivity contribution >= 4 is 5.91 Å². The van der Waals surface area contributed by atoms with Crippen molar-refractivity contribution in [3.8, 4) is 5.75 Å². The lowest BCUT2D eigenvalue weighted by molar-refractivity contribution is -0.131. The number of ether oxygens (including phenoxy) is 1. The first-order valence-corrected chi connectivity index (χ1v) is 9.06. The summed E-state index contributed by atoms with van der Waals surface area (Å²) in [5, 5.41) is 17.8. The van der Waals surface area contributed by atoms with Crippen molar-refractivity contribution < 1.29 is 14.6 Å². The van der Waals surface area contributed by atoms with E-state index in [4.69, 9.17) is 4.74 Å². The number of rotatable bonds is 6. The second-order valence-corrected chi connectivity index (χ2v) is 7.30. The van der Waals surface area contributed by atoms with Gasteiger partial charge >= 0.3 is 0 Å². The maximum atomic E-state index is 12.5. The number of carbonyl (C=O) groups is 1. The van der Waals surface area contributed by atoms with Crippen molar-refractivity contribution in [2.24, 2.45) is 0 Å². The summed E-state index contributed by atoms with van der Waals surface area (Å²) >= 11 is 0. The smallest absolute Gasteiger partial charge is 0.223 e. The molecule has 140 valence electrons. The van der Waals surface area contributed by atoms with E-state index in [0.717, 1.165) is 28.3 Å². The van der Waals surface area contributed by atoms with Gasteiger partial charge in [0, 0.05) is 18.7 Å². The fourth-order valence-corrected chi connectivity index (χ4v) is 3.37. The summed E-state index contributed by atoms with van der Waals surface area (Å²) in [6.45, 7) is 7.01. The second-order valence-electron chi connectivity index (χ2n) is 7.30. The molecule has 0 bridgehead atoms. The number of aromatic nitrogens is 2. The monoisotopic (exact) mass is 357 g/mol. The molecule has 2 N–H and O–H groups in total. The summed E-state index contributed by atoms with van der Waals surface area (Å²) in [5.41, 5.74) is 3.24. The van der Waals surface area contributed by atoms with Gasteiger partial charge in [0.2, 0.25) is 5.91 Å². The Kier molecular flexibility index (Phi) is 5.32. The number of hydrogen-bond acceptors (Lipinski definition) is 4. The Hall–Kier alpha value is -2.34. The average molecular weight is 357 g/mol. The molecule has 0 saturated carbocycles. The van der Waals surface area contributed by atoms with Gasteiger partial charge in [-0.15, -0.1) is 0 Å². The van der Waals surface area contributed by atoms with Crippen molar-refractivity contribution in [1.82, 2.24) is 15.1 Å². The Balaban J connectivity index is 1.50. The molecule has 2 aromatic rings. The first kappa shape index (κ1) is 18.5. The Morgan fingerprint density at radius 2 is 2.04 bits per heavy atom. The highest BCUT2D eigenvalue weighted by Gasteiger charge is 2.38. The molecule has 1 aromatic heterocycles. The summed E-state index contributed by atoms with van der Waals surface area (Å²) in [6, 6.07) is 7.74. The number of H-pyrrole nitrogens is 1. The van der Waals surface area contributed by atoms with Gasteiger partial charge in [-0.2, -0.15) is 5.10 Å². The lowest BCUT2D eigenvalue weighted by Crippen LogP contribution is -2.40. The molecule has 1 saturated heterocycles. The molecule has 1 amide bonds. The first-order valence-electron chi connectivity index (χ1n) is 9.06. The van der Waals surface area contributed by atoms with Crippen molar-refractivity contribution in [2.45, 2.75) is 45.6 Å². The van der Waals surface area contributed by atoms with Crippen LogP contribution in [0.1, 0.15) is 35.4 Å². The van der Waals surface area contributed by atoms with Crippen LogP contribution in [0.3, 0.4) is 0 Å². The topological polar surface area (TPSA) is 78.5 Å². The van der Waals surface area contributed by atoms with Crippen LogP contribution in [-0.2, 0) is 11.2 Å². The van der Waals surface area contributed by atoms with E-state index in [2.05, 4.69) is 10.2 Å². The van der Waals surface area contributed by atoms with E-state index in [1.54, 1.807) is 4.90 Å². The third-order valence-corrected chi connectivity index (χ3v) is 5.08. The maximum absolute atomic E-state index is 12.5. The predicted molar refractivity (Wildman–Crippen MR) is 99.2 cm³/mol. The van der Waals surface area contributed by atoms with E-state index in [1.165, 1.54) is 0 Å². The zero-order valence-corrected chi connectivity index (χ0v) is 15.7. The predicted octanol–water partition coefficient (Wildman–Crippen LogP) is 2.31. The summed E-state index contributed by atoms with van der Waals surface area (Å²) in [5.74, 6) is 0.802. The number of hydrogen-bond donors (Lipinski definition) is 2. The van der Waals surface area contributed by atoms with E-state index in [9.17, 15) is 9.90 Å². The second kappa shape index (κ2) is 7.50. The number of aryl methyl sites for hydroxylation is 3. The molecule has 3 rings (SSSR count). The average Bonchev–Trinajstić information content (AvgIpc) is 3.16. The minimum atomic E-state index is -0.984. The lowest BCUT2D eigenvalue weighted by atomic mass is 10.1. The van der Waals surface area contributed by atoms with Crippen LogP contribution >= 0.6 is 0 Å². The van der Waals surface area contributed by atoms with E-state index in [-0.39, 0.29) is 12.5 Å². The van der Waals surface area contributed by atoms with Crippen LogP contribution in [0, 0.1) is 20.8 Å². The van der Waals surface area contributed by atoms with E-state index >= 15 is 0 Å². The zero-order valence-electron chi connectivity index (χ0n) is 15.7. The van der Waals surface area contributed by atoms with Crippen LogP contribution in [0.25, 0.3) is 0 Å².